The number of nitrogens with one attached hydrogen (secondary N) is 2. The summed E-state index contributed by atoms with van der Waals surface area (Å²) in [5.41, 5.74) is 0. The smallest absolute Gasteiger partial charge is 0.0487 e. The summed E-state index contributed by atoms with van der Waals surface area (Å²) in [6, 6.07) is 3.67. The van der Waals surface area contributed by atoms with Gasteiger partial charge in [0.1, 0.15) is 0 Å². The highest BCUT2D eigenvalue weighted by molar-refractivity contribution is 5.75. The monoisotopic (exact) mass is 147 g/mol. The summed E-state index contributed by atoms with van der Waals surface area (Å²) in [5, 5.41) is 12.4. The van der Waals surface area contributed by atoms with Gasteiger partial charge in [-0.2, -0.15) is 10.2 Å². The average Bonchev–Trinajstić information content (AvgIpc) is 2.67. The number of aromatic nitrogens is 4. The third-order valence-corrected chi connectivity index (χ3v) is 0.812. The van der Waals surface area contributed by atoms with Crippen molar-refractivity contribution >= 4 is 8.41 Å². The molecule has 4 nitrogen and oxygen atoms in total. The van der Waals surface area contributed by atoms with E-state index in [9.17, 15) is 0 Å². The van der Waals surface area contributed by atoms with Gasteiger partial charge in [0, 0.05) is 33.2 Å². The standard InChI is InChI=1S/2C3H4N2.B/c2*1-2-4-5-3-1;/h2*1-3H,(H,4,5);. The molecule has 0 atom stereocenters. The van der Waals surface area contributed by atoms with Gasteiger partial charge in [-0.1, -0.05) is 0 Å². The van der Waals surface area contributed by atoms with Crippen LogP contribution < -0.4 is 0 Å². The highest BCUT2D eigenvalue weighted by Gasteiger charge is 1.57. The number of aromatic amines is 2. The Bertz CT molecular complexity index is 154. The number of hydrogen-bond acceptors (Lipinski definition) is 2. The van der Waals surface area contributed by atoms with Gasteiger partial charge in [-0.15, -0.1) is 0 Å². The van der Waals surface area contributed by atoms with Gasteiger partial charge in [-0.3, -0.25) is 10.2 Å². The van der Waals surface area contributed by atoms with Crippen LogP contribution in [-0.4, -0.2) is 28.8 Å². The first-order chi connectivity index (χ1) is 5.00. The molecule has 0 saturated heterocycles. The van der Waals surface area contributed by atoms with E-state index in [1.54, 1.807) is 24.8 Å². The highest BCUT2D eigenvalue weighted by atomic mass is 15.1. The van der Waals surface area contributed by atoms with E-state index in [0.717, 1.165) is 0 Å². The van der Waals surface area contributed by atoms with E-state index >= 15 is 0 Å². The molecule has 2 aromatic heterocycles. The lowest BCUT2D eigenvalue weighted by Gasteiger charge is -1.49. The molecular formula is C6H8BN4. The zero-order valence-corrected chi connectivity index (χ0v) is 5.94. The molecule has 0 aliphatic heterocycles. The van der Waals surface area contributed by atoms with Crippen LogP contribution in [-0.2, 0) is 0 Å². The van der Waals surface area contributed by atoms with Crippen LogP contribution in [0.1, 0.15) is 0 Å². The van der Waals surface area contributed by atoms with Crippen LogP contribution in [0.25, 0.3) is 0 Å². The van der Waals surface area contributed by atoms with Crippen molar-refractivity contribution in [3.8, 4) is 0 Å². The van der Waals surface area contributed by atoms with Crippen molar-refractivity contribution in [3.63, 3.8) is 0 Å². The second-order valence-electron chi connectivity index (χ2n) is 1.53. The van der Waals surface area contributed by atoms with Crippen LogP contribution in [0.2, 0.25) is 0 Å². The molecule has 0 fully saturated rings. The van der Waals surface area contributed by atoms with E-state index in [-0.39, 0.29) is 8.41 Å². The van der Waals surface area contributed by atoms with Gasteiger partial charge >= 0.3 is 0 Å². The number of hydrogen-bond donors (Lipinski definition) is 2. The normalized spacial score (nSPS) is 7.27. The number of nitrogens with zero attached hydrogens (tertiary/aromatic N) is 2. The Hall–Kier alpha value is -1.52. The predicted octanol–water partition coefficient (Wildman–Crippen LogP) is 0.439. The molecule has 2 aromatic rings. The van der Waals surface area contributed by atoms with Crippen LogP contribution in [0.3, 0.4) is 0 Å². The lowest BCUT2D eigenvalue weighted by molar-refractivity contribution is 1.09. The predicted molar refractivity (Wildman–Crippen MR) is 42.9 cm³/mol. The average molecular weight is 147 g/mol. The van der Waals surface area contributed by atoms with Gasteiger partial charge in [0.05, 0.1) is 0 Å². The summed E-state index contributed by atoms with van der Waals surface area (Å²) in [4.78, 5) is 0. The molecule has 0 saturated carbocycles. The van der Waals surface area contributed by atoms with Crippen LogP contribution in [0.4, 0.5) is 0 Å². The molecule has 0 unspecified atom stereocenters. The summed E-state index contributed by atoms with van der Waals surface area (Å²) < 4.78 is 0. The van der Waals surface area contributed by atoms with Crippen molar-refractivity contribution in [2.75, 3.05) is 0 Å². The van der Waals surface area contributed by atoms with Gasteiger partial charge < -0.3 is 0 Å². The van der Waals surface area contributed by atoms with Crippen molar-refractivity contribution in [3.05, 3.63) is 36.9 Å². The van der Waals surface area contributed by atoms with E-state index in [1.807, 2.05) is 12.1 Å². The van der Waals surface area contributed by atoms with Crippen LogP contribution >= 0.6 is 0 Å². The van der Waals surface area contributed by atoms with Crippen molar-refractivity contribution < 1.29 is 0 Å². The molecular weight excluding hydrogens is 139 g/mol. The molecule has 11 heavy (non-hydrogen) atoms. The van der Waals surface area contributed by atoms with Gasteiger partial charge in [-0.25, -0.2) is 0 Å². The third kappa shape index (κ3) is 4.96. The van der Waals surface area contributed by atoms with Gasteiger partial charge in [0.2, 0.25) is 0 Å². The quantitative estimate of drug-likeness (QED) is 0.531. The molecule has 2 rings (SSSR count). The zero-order valence-electron chi connectivity index (χ0n) is 5.94. The molecule has 0 aromatic carbocycles. The maximum atomic E-state index is 3.60. The summed E-state index contributed by atoms with van der Waals surface area (Å²) in [6.07, 6.45) is 6.92. The third-order valence-electron chi connectivity index (χ3n) is 0.812. The van der Waals surface area contributed by atoms with Gasteiger partial charge in [0.25, 0.3) is 0 Å². The van der Waals surface area contributed by atoms with Crippen molar-refractivity contribution in [2.45, 2.75) is 0 Å². The maximum absolute atomic E-state index is 3.60. The van der Waals surface area contributed by atoms with Crippen molar-refractivity contribution in [1.82, 2.24) is 20.4 Å². The summed E-state index contributed by atoms with van der Waals surface area (Å²) in [6.45, 7) is 0. The Morgan fingerprint density at radius 1 is 0.818 bits per heavy atom. The number of rotatable bonds is 0. The topological polar surface area (TPSA) is 57.4 Å². The van der Waals surface area contributed by atoms with E-state index in [2.05, 4.69) is 20.4 Å². The molecule has 2 heterocycles. The minimum absolute atomic E-state index is 0. The van der Waals surface area contributed by atoms with Crippen LogP contribution in [0, 0.1) is 0 Å². The van der Waals surface area contributed by atoms with E-state index < -0.39 is 0 Å². The minimum atomic E-state index is 0. The summed E-state index contributed by atoms with van der Waals surface area (Å²) >= 11 is 0. The van der Waals surface area contributed by atoms with Gasteiger partial charge in [0.15, 0.2) is 0 Å². The molecule has 0 bridgehead atoms. The summed E-state index contributed by atoms with van der Waals surface area (Å²) in [5.74, 6) is 0. The zero-order chi connectivity index (χ0) is 7.07. The fourth-order valence-corrected chi connectivity index (χ4v) is 0.430. The largest absolute Gasteiger partial charge is 0.286 e. The minimum Gasteiger partial charge on any atom is -0.286 e. The highest BCUT2D eigenvalue weighted by Crippen LogP contribution is 1.65. The SMILES string of the molecule is [B].c1cn[nH]c1.c1cn[nH]c1. The van der Waals surface area contributed by atoms with E-state index in [0.29, 0.717) is 0 Å². The van der Waals surface area contributed by atoms with Gasteiger partial charge in [-0.05, 0) is 12.1 Å². The lowest BCUT2D eigenvalue weighted by Crippen LogP contribution is -1.53. The molecule has 2 N–H and O–H groups in total. The Labute approximate surface area is 66.6 Å². The fourth-order valence-electron chi connectivity index (χ4n) is 0.430. The van der Waals surface area contributed by atoms with Crippen molar-refractivity contribution in [2.24, 2.45) is 0 Å². The number of H-pyrrole nitrogens is 2. The first kappa shape index (κ1) is 9.48. The second kappa shape index (κ2) is 6.60. The Morgan fingerprint density at radius 3 is 1.36 bits per heavy atom. The first-order valence-electron chi connectivity index (χ1n) is 2.87. The Balaban J connectivity index is 0.000000167. The maximum Gasteiger partial charge on any atom is 0.0487 e. The molecule has 3 radical (unpaired) electrons. The summed E-state index contributed by atoms with van der Waals surface area (Å²) in [7, 11) is 0. The second-order valence-corrected chi connectivity index (χ2v) is 1.53. The molecule has 0 amide bonds. The fraction of sp³-hybridized carbons (Fsp3) is 0. The van der Waals surface area contributed by atoms with Crippen LogP contribution in [0.5, 0.6) is 0 Å². The van der Waals surface area contributed by atoms with Crippen LogP contribution in [0.15, 0.2) is 36.9 Å². The van der Waals surface area contributed by atoms with Crippen molar-refractivity contribution in [1.29, 1.82) is 0 Å². The molecule has 0 aliphatic rings. The lowest BCUT2D eigenvalue weighted by atomic mass is 10.8. The Kier molecular flexibility index (Phi) is 5.69. The Morgan fingerprint density at radius 2 is 1.27 bits per heavy atom. The molecule has 0 spiro atoms. The van der Waals surface area contributed by atoms with E-state index in [1.165, 1.54) is 0 Å². The molecule has 55 valence electrons. The van der Waals surface area contributed by atoms with E-state index in [4.69, 9.17) is 0 Å². The first-order valence-corrected chi connectivity index (χ1v) is 2.87. The molecule has 5 heteroatoms. The molecule has 0 aliphatic carbocycles.